The van der Waals surface area contributed by atoms with Crippen LogP contribution in [-0.4, -0.2) is 61.0 Å². The Bertz CT molecular complexity index is 553. The SMILES string of the molecule is CCOC(=O)c1ccccc1NC(=O)N1CCN(C=O)CC1. The Morgan fingerprint density at radius 3 is 2.55 bits per heavy atom. The van der Waals surface area contributed by atoms with Crippen LogP contribution < -0.4 is 5.32 Å². The van der Waals surface area contributed by atoms with Gasteiger partial charge in [0.15, 0.2) is 0 Å². The number of para-hydroxylation sites is 1. The Hall–Kier alpha value is -2.57. The van der Waals surface area contributed by atoms with Crippen LogP contribution in [0.5, 0.6) is 0 Å². The third-order valence-electron chi connectivity index (χ3n) is 3.41. The van der Waals surface area contributed by atoms with Gasteiger partial charge in [0.05, 0.1) is 17.9 Å². The summed E-state index contributed by atoms with van der Waals surface area (Å²) in [4.78, 5) is 38.0. The number of esters is 1. The van der Waals surface area contributed by atoms with E-state index in [1.165, 1.54) is 0 Å². The molecule has 22 heavy (non-hydrogen) atoms. The molecule has 1 aromatic carbocycles. The number of carbonyl (C=O) groups is 3. The highest BCUT2D eigenvalue weighted by atomic mass is 16.5. The second kappa shape index (κ2) is 7.44. The molecule has 0 radical (unpaired) electrons. The first-order valence-corrected chi connectivity index (χ1v) is 7.17. The van der Waals surface area contributed by atoms with Crippen molar-refractivity contribution in [2.24, 2.45) is 0 Å². The maximum atomic E-state index is 12.3. The van der Waals surface area contributed by atoms with Gasteiger partial charge in [0, 0.05) is 26.2 Å². The molecule has 118 valence electrons. The topological polar surface area (TPSA) is 79.0 Å². The van der Waals surface area contributed by atoms with E-state index in [0.29, 0.717) is 37.4 Å². The van der Waals surface area contributed by atoms with E-state index in [2.05, 4.69) is 5.32 Å². The molecule has 7 heteroatoms. The van der Waals surface area contributed by atoms with Gasteiger partial charge in [0.25, 0.3) is 0 Å². The normalized spacial score (nSPS) is 14.4. The smallest absolute Gasteiger partial charge is 0.340 e. The van der Waals surface area contributed by atoms with Crippen molar-refractivity contribution in [3.8, 4) is 0 Å². The van der Waals surface area contributed by atoms with Crippen molar-refractivity contribution in [1.29, 1.82) is 0 Å². The van der Waals surface area contributed by atoms with Gasteiger partial charge in [-0.15, -0.1) is 0 Å². The molecule has 0 spiro atoms. The first-order chi connectivity index (χ1) is 10.7. The number of nitrogens with zero attached hydrogens (tertiary/aromatic N) is 2. The van der Waals surface area contributed by atoms with Crippen LogP contribution >= 0.6 is 0 Å². The van der Waals surface area contributed by atoms with Crippen molar-refractivity contribution in [3.63, 3.8) is 0 Å². The van der Waals surface area contributed by atoms with Gasteiger partial charge in [-0.1, -0.05) is 12.1 Å². The summed E-state index contributed by atoms with van der Waals surface area (Å²) in [6.07, 6.45) is 0.783. The molecule has 1 aliphatic rings. The van der Waals surface area contributed by atoms with E-state index in [9.17, 15) is 14.4 Å². The molecule has 0 aromatic heterocycles. The average Bonchev–Trinajstić information content (AvgIpc) is 2.55. The molecule has 1 fully saturated rings. The summed E-state index contributed by atoms with van der Waals surface area (Å²) in [6, 6.07) is 6.43. The first kappa shape index (κ1) is 15.8. The minimum Gasteiger partial charge on any atom is -0.462 e. The predicted octanol–water partition coefficient (Wildman–Crippen LogP) is 1.17. The van der Waals surface area contributed by atoms with Crippen molar-refractivity contribution >= 4 is 24.1 Å². The summed E-state index contributed by atoms with van der Waals surface area (Å²) >= 11 is 0. The predicted molar refractivity (Wildman–Crippen MR) is 80.6 cm³/mol. The van der Waals surface area contributed by atoms with Gasteiger partial charge >= 0.3 is 12.0 Å². The molecule has 0 aliphatic carbocycles. The minimum atomic E-state index is -0.468. The van der Waals surface area contributed by atoms with Crippen molar-refractivity contribution in [1.82, 2.24) is 9.80 Å². The fourth-order valence-corrected chi connectivity index (χ4v) is 2.20. The lowest BCUT2D eigenvalue weighted by molar-refractivity contribution is -0.119. The van der Waals surface area contributed by atoms with Crippen molar-refractivity contribution in [2.75, 3.05) is 38.1 Å². The molecule has 1 N–H and O–H groups in total. The highest BCUT2D eigenvalue weighted by Gasteiger charge is 2.21. The van der Waals surface area contributed by atoms with Crippen LogP contribution in [0.25, 0.3) is 0 Å². The molecule has 0 atom stereocenters. The van der Waals surface area contributed by atoms with E-state index in [1.54, 1.807) is 41.0 Å². The number of piperazine rings is 1. The highest BCUT2D eigenvalue weighted by Crippen LogP contribution is 2.17. The molecule has 0 unspecified atom stereocenters. The number of urea groups is 1. The van der Waals surface area contributed by atoms with Gasteiger partial charge in [-0.2, -0.15) is 0 Å². The van der Waals surface area contributed by atoms with Crippen LogP contribution in [0.1, 0.15) is 17.3 Å². The molecule has 1 saturated heterocycles. The van der Waals surface area contributed by atoms with Crippen molar-refractivity contribution in [3.05, 3.63) is 29.8 Å². The Kier molecular flexibility index (Phi) is 5.35. The van der Waals surface area contributed by atoms with Crippen LogP contribution in [-0.2, 0) is 9.53 Å². The Labute approximate surface area is 128 Å². The third kappa shape index (κ3) is 3.75. The summed E-state index contributed by atoms with van der Waals surface area (Å²) < 4.78 is 4.97. The minimum absolute atomic E-state index is 0.273. The second-order valence-electron chi connectivity index (χ2n) is 4.82. The number of benzene rings is 1. The lowest BCUT2D eigenvalue weighted by atomic mass is 10.2. The van der Waals surface area contributed by atoms with Gasteiger partial charge in [-0.3, -0.25) is 4.79 Å². The zero-order valence-electron chi connectivity index (χ0n) is 12.4. The summed E-state index contributed by atoms with van der Waals surface area (Å²) in [7, 11) is 0. The standard InChI is InChI=1S/C15H19N3O4/c1-2-22-14(20)12-5-3-4-6-13(12)16-15(21)18-9-7-17(11-19)8-10-18/h3-6,11H,2,7-10H2,1H3,(H,16,21). The van der Waals surface area contributed by atoms with Gasteiger partial charge in [0.2, 0.25) is 6.41 Å². The molecular formula is C15H19N3O4. The van der Waals surface area contributed by atoms with Crippen LogP contribution in [0.3, 0.4) is 0 Å². The molecule has 2 rings (SSSR count). The number of rotatable bonds is 4. The quantitative estimate of drug-likeness (QED) is 0.669. The molecular weight excluding hydrogens is 286 g/mol. The highest BCUT2D eigenvalue weighted by molar-refractivity contribution is 6.00. The van der Waals surface area contributed by atoms with Crippen LogP contribution in [0, 0.1) is 0 Å². The van der Waals surface area contributed by atoms with E-state index in [-0.39, 0.29) is 12.6 Å². The molecule has 1 aliphatic heterocycles. The number of nitrogens with one attached hydrogen (secondary N) is 1. The largest absolute Gasteiger partial charge is 0.462 e. The fraction of sp³-hybridized carbons (Fsp3) is 0.400. The van der Waals surface area contributed by atoms with E-state index >= 15 is 0 Å². The molecule has 1 heterocycles. The molecule has 0 saturated carbocycles. The number of amides is 3. The van der Waals surface area contributed by atoms with Crippen molar-refractivity contribution in [2.45, 2.75) is 6.92 Å². The summed E-state index contributed by atoms with van der Waals surface area (Å²) in [5, 5.41) is 2.73. The molecule has 0 bridgehead atoms. The average molecular weight is 305 g/mol. The summed E-state index contributed by atoms with van der Waals surface area (Å²) in [5.74, 6) is -0.468. The van der Waals surface area contributed by atoms with Gasteiger partial charge in [-0.25, -0.2) is 9.59 Å². The van der Waals surface area contributed by atoms with Crippen LogP contribution in [0.4, 0.5) is 10.5 Å². The number of carbonyl (C=O) groups excluding carboxylic acids is 3. The maximum Gasteiger partial charge on any atom is 0.340 e. The van der Waals surface area contributed by atoms with Crippen molar-refractivity contribution < 1.29 is 19.1 Å². The zero-order valence-corrected chi connectivity index (χ0v) is 12.4. The summed E-state index contributed by atoms with van der Waals surface area (Å²) in [6.45, 7) is 3.95. The van der Waals surface area contributed by atoms with Crippen LogP contribution in [0.15, 0.2) is 24.3 Å². The lowest BCUT2D eigenvalue weighted by Gasteiger charge is -2.32. The number of hydrogen-bond donors (Lipinski definition) is 1. The van der Waals surface area contributed by atoms with E-state index < -0.39 is 5.97 Å². The fourth-order valence-electron chi connectivity index (χ4n) is 2.20. The number of anilines is 1. The van der Waals surface area contributed by atoms with E-state index in [0.717, 1.165) is 6.41 Å². The third-order valence-corrected chi connectivity index (χ3v) is 3.41. The van der Waals surface area contributed by atoms with Gasteiger partial charge < -0.3 is 19.9 Å². The summed E-state index contributed by atoms with van der Waals surface area (Å²) in [5.41, 5.74) is 0.744. The van der Waals surface area contributed by atoms with Crippen LogP contribution in [0.2, 0.25) is 0 Å². The second-order valence-corrected chi connectivity index (χ2v) is 4.82. The first-order valence-electron chi connectivity index (χ1n) is 7.17. The monoisotopic (exact) mass is 305 g/mol. The Morgan fingerprint density at radius 2 is 1.91 bits per heavy atom. The van der Waals surface area contributed by atoms with E-state index in [4.69, 9.17) is 4.74 Å². The Morgan fingerprint density at radius 1 is 1.23 bits per heavy atom. The zero-order chi connectivity index (χ0) is 15.9. The van der Waals surface area contributed by atoms with Gasteiger partial charge in [-0.05, 0) is 19.1 Å². The molecule has 3 amide bonds. The number of hydrogen-bond acceptors (Lipinski definition) is 4. The molecule has 7 nitrogen and oxygen atoms in total. The lowest BCUT2D eigenvalue weighted by Crippen LogP contribution is -2.49. The number of ether oxygens (including phenoxy) is 1. The Balaban J connectivity index is 2.03. The van der Waals surface area contributed by atoms with E-state index in [1.807, 2.05) is 0 Å². The van der Waals surface area contributed by atoms with Gasteiger partial charge in [0.1, 0.15) is 0 Å². The molecule has 1 aromatic rings. The maximum absolute atomic E-state index is 12.3.